The second-order valence-corrected chi connectivity index (χ2v) is 8.56. The summed E-state index contributed by atoms with van der Waals surface area (Å²) in [4.78, 5) is 5.24. The van der Waals surface area contributed by atoms with Crippen LogP contribution in [0.25, 0.3) is 0 Å². The molecule has 0 spiro atoms. The third-order valence-corrected chi connectivity index (χ3v) is 5.08. The molecular weight excluding hydrogens is 322 g/mol. The van der Waals surface area contributed by atoms with Gasteiger partial charge in [-0.1, -0.05) is 6.07 Å². The highest BCUT2D eigenvalue weighted by atomic mass is 32.2. The molecule has 0 aliphatic rings. The van der Waals surface area contributed by atoms with Gasteiger partial charge < -0.3 is 15.7 Å². The molecule has 1 unspecified atom stereocenters. The number of nitrogens with one attached hydrogen (secondary N) is 2. The molecular formula is C14H25N3O3S2. The van der Waals surface area contributed by atoms with E-state index in [0.717, 1.165) is 4.88 Å². The molecule has 1 aromatic rings. The second-order valence-electron chi connectivity index (χ2n) is 5.36. The van der Waals surface area contributed by atoms with Crippen LogP contribution in [0.2, 0.25) is 0 Å². The molecule has 6 nitrogen and oxygen atoms in total. The Morgan fingerprint density at radius 1 is 1.45 bits per heavy atom. The smallest absolute Gasteiger partial charge is 0.191 e. The fourth-order valence-electron chi connectivity index (χ4n) is 1.78. The van der Waals surface area contributed by atoms with Gasteiger partial charge in [0.1, 0.15) is 15.4 Å². The van der Waals surface area contributed by atoms with Crippen molar-refractivity contribution in [3.05, 3.63) is 22.4 Å². The van der Waals surface area contributed by atoms with Crippen LogP contribution < -0.4 is 10.6 Å². The van der Waals surface area contributed by atoms with Gasteiger partial charge in [-0.25, -0.2) is 13.4 Å². The number of hydrogen-bond donors (Lipinski definition) is 3. The summed E-state index contributed by atoms with van der Waals surface area (Å²) in [5, 5.41) is 18.5. The van der Waals surface area contributed by atoms with Crippen LogP contribution in [0.5, 0.6) is 0 Å². The van der Waals surface area contributed by atoms with E-state index in [1.165, 1.54) is 17.6 Å². The number of aliphatic imine (C=N–C) groups is 1. The average Bonchev–Trinajstić information content (AvgIpc) is 2.94. The molecule has 3 N–H and O–H groups in total. The van der Waals surface area contributed by atoms with Gasteiger partial charge in [-0.3, -0.25) is 0 Å². The lowest BCUT2D eigenvalue weighted by atomic mass is 10.1. The summed E-state index contributed by atoms with van der Waals surface area (Å²) in [5.74, 6) is 0.722. The van der Waals surface area contributed by atoms with Crippen molar-refractivity contribution in [2.75, 3.05) is 31.6 Å². The maximum absolute atomic E-state index is 11.1. The van der Waals surface area contributed by atoms with Gasteiger partial charge >= 0.3 is 0 Å². The molecule has 0 fully saturated rings. The largest absolute Gasteiger partial charge is 0.383 e. The van der Waals surface area contributed by atoms with Crippen LogP contribution in [0.1, 0.15) is 25.1 Å². The highest BCUT2D eigenvalue weighted by molar-refractivity contribution is 7.90. The number of thiophene rings is 1. The zero-order chi connectivity index (χ0) is 16.6. The number of sulfone groups is 1. The van der Waals surface area contributed by atoms with Crippen molar-refractivity contribution in [1.29, 1.82) is 0 Å². The lowest BCUT2D eigenvalue weighted by Crippen LogP contribution is -2.39. The molecule has 8 heteroatoms. The van der Waals surface area contributed by atoms with E-state index in [9.17, 15) is 13.5 Å². The molecule has 1 rings (SSSR count). The van der Waals surface area contributed by atoms with E-state index >= 15 is 0 Å². The van der Waals surface area contributed by atoms with Crippen LogP contribution >= 0.6 is 11.3 Å². The van der Waals surface area contributed by atoms with E-state index in [0.29, 0.717) is 25.5 Å². The van der Waals surface area contributed by atoms with Crippen molar-refractivity contribution >= 4 is 27.1 Å². The summed E-state index contributed by atoms with van der Waals surface area (Å²) in [5.41, 5.74) is -1.01. The maximum atomic E-state index is 11.1. The predicted molar refractivity (Wildman–Crippen MR) is 92.2 cm³/mol. The van der Waals surface area contributed by atoms with Crippen LogP contribution in [0.15, 0.2) is 22.5 Å². The lowest BCUT2D eigenvalue weighted by molar-refractivity contribution is 0.0711. The first-order valence-corrected chi connectivity index (χ1v) is 10.1. The zero-order valence-corrected chi connectivity index (χ0v) is 14.9. The molecule has 0 bridgehead atoms. The summed E-state index contributed by atoms with van der Waals surface area (Å²) in [7, 11) is -2.94. The Hall–Kier alpha value is -1.12. The Morgan fingerprint density at radius 2 is 2.18 bits per heavy atom. The summed E-state index contributed by atoms with van der Waals surface area (Å²) in [6, 6.07) is 3.78. The van der Waals surface area contributed by atoms with Gasteiger partial charge in [0, 0.05) is 24.2 Å². The van der Waals surface area contributed by atoms with Gasteiger partial charge in [-0.05, 0) is 31.7 Å². The van der Waals surface area contributed by atoms with Crippen LogP contribution in [0.3, 0.4) is 0 Å². The third-order valence-electron chi connectivity index (χ3n) is 2.93. The average molecular weight is 348 g/mol. The summed E-state index contributed by atoms with van der Waals surface area (Å²) in [6.45, 7) is 5.12. The minimum Gasteiger partial charge on any atom is -0.383 e. The Bertz CT molecular complexity index is 566. The summed E-state index contributed by atoms with van der Waals surface area (Å²) in [6.07, 6.45) is 1.75. The molecule has 1 aromatic heterocycles. The number of aliphatic hydroxyl groups is 1. The Balaban J connectivity index is 2.54. The van der Waals surface area contributed by atoms with Crippen LogP contribution in [-0.4, -0.2) is 51.1 Å². The fraction of sp³-hybridized carbons (Fsp3) is 0.643. The van der Waals surface area contributed by atoms with E-state index in [-0.39, 0.29) is 12.3 Å². The van der Waals surface area contributed by atoms with Gasteiger partial charge in [0.05, 0.1) is 12.3 Å². The van der Waals surface area contributed by atoms with Crippen molar-refractivity contribution in [2.24, 2.45) is 4.99 Å². The van der Waals surface area contributed by atoms with E-state index < -0.39 is 15.4 Å². The van der Waals surface area contributed by atoms with Crippen molar-refractivity contribution < 1.29 is 13.5 Å². The predicted octanol–water partition coefficient (Wildman–Crippen LogP) is 0.945. The number of guanidine groups is 1. The summed E-state index contributed by atoms with van der Waals surface area (Å²) >= 11 is 1.49. The molecule has 0 radical (unpaired) electrons. The molecule has 0 amide bonds. The van der Waals surface area contributed by atoms with E-state index in [4.69, 9.17) is 0 Å². The number of nitrogens with zero attached hydrogens (tertiary/aromatic N) is 1. The van der Waals surface area contributed by atoms with E-state index in [1.54, 1.807) is 6.92 Å². The highest BCUT2D eigenvalue weighted by Gasteiger charge is 2.23. The molecule has 1 atom stereocenters. The SMILES string of the molecule is CCNC(=NCC(C)(O)c1cccs1)NCCCS(C)(=O)=O. The topological polar surface area (TPSA) is 90.8 Å². The normalized spacial score (nSPS) is 15.4. The van der Waals surface area contributed by atoms with E-state index in [2.05, 4.69) is 15.6 Å². The molecule has 0 saturated heterocycles. The lowest BCUT2D eigenvalue weighted by Gasteiger charge is -2.20. The Kier molecular flexibility index (Phi) is 7.31. The first-order valence-electron chi connectivity index (χ1n) is 7.21. The minimum atomic E-state index is -2.94. The maximum Gasteiger partial charge on any atom is 0.191 e. The monoisotopic (exact) mass is 347 g/mol. The van der Waals surface area contributed by atoms with Gasteiger partial charge in [0.15, 0.2) is 5.96 Å². The van der Waals surface area contributed by atoms with Crippen molar-refractivity contribution in [3.8, 4) is 0 Å². The molecule has 0 aromatic carbocycles. The zero-order valence-electron chi connectivity index (χ0n) is 13.3. The number of rotatable bonds is 8. The van der Waals surface area contributed by atoms with Crippen LogP contribution in [-0.2, 0) is 15.4 Å². The van der Waals surface area contributed by atoms with Gasteiger partial charge in [-0.2, -0.15) is 0 Å². The van der Waals surface area contributed by atoms with Crippen LogP contribution in [0, 0.1) is 0 Å². The van der Waals surface area contributed by atoms with Crippen molar-refractivity contribution in [1.82, 2.24) is 10.6 Å². The first kappa shape index (κ1) is 18.9. The number of hydrogen-bond acceptors (Lipinski definition) is 5. The second kappa shape index (κ2) is 8.50. The van der Waals surface area contributed by atoms with Gasteiger partial charge in [0.25, 0.3) is 0 Å². The standard InChI is InChI=1S/C14H25N3O3S2/c1-4-15-13(16-8-6-10-22(3,19)20)17-11-14(2,18)12-7-5-9-21-12/h5,7,9,18H,4,6,8,10-11H2,1-3H3,(H2,15,16,17). The van der Waals surface area contributed by atoms with E-state index in [1.807, 2.05) is 24.4 Å². The van der Waals surface area contributed by atoms with Gasteiger partial charge in [-0.15, -0.1) is 11.3 Å². The van der Waals surface area contributed by atoms with Crippen molar-refractivity contribution in [3.63, 3.8) is 0 Å². The first-order chi connectivity index (χ1) is 10.2. The Morgan fingerprint density at radius 3 is 2.73 bits per heavy atom. The quantitative estimate of drug-likeness (QED) is 0.370. The third kappa shape index (κ3) is 7.24. The minimum absolute atomic E-state index is 0.145. The van der Waals surface area contributed by atoms with Crippen molar-refractivity contribution in [2.45, 2.75) is 25.9 Å². The molecule has 0 aliphatic carbocycles. The molecule has 0 saturated carbocycles. The fourth-order valence-corrected chi connectivity index (χ4v) is 3.23. The molecule has 1 heterocycles. The molecule has 22 heavy (non-hydrogen) atoms. The molecule has 126 valence electrons. The Labute approximate surface area is 136 Å². The van der Waals surface area contributed by atoms with Crippen LogP contribution in [0.4, 0.5) is 0 Å². The van der Waals surface area contributed by atoms with Gasteiger partial charge in [0.2, 0.25) is 0 Å². The highest BCUT2D eigenvalue weighted by Crippen LogP contribution is 2.25. The summed E-state index contributed by atoms with van der Waals surface area (Å²) < 4.78 is 22.2. The molecule has 0 aliphatic heterocycles.